The van der Waals surface area contributed by atoms with E-state index in [0.717, 1.165) is 9.21 Å². The van der Waals surface area contributed by atoms with Crippen LogP contribution in [0.1, 0.15) is 11.8 Å². The number of carbonyl (C=O) groups excluding carboxylic acids is 1. The second kappa shape index (κ2) is 7.02. The summed E-state index contributed by atoms with van der Waals surface area (Å²) in [6.45, 7) is 2.48. The average molecular weight is 327 g/mol. The zero-order valence-corrected chi connectivity index (χ0v) is 13.3. The zero-order chi connectivity index (χ0) is 15.4. The summed E-state index contributed by atoms with van der Waals surface area (Å²) in [5.41, 5.74) is 0.584. The minimum absolute atomic E-state index is 0.133. The number of benzene rings is 1. The molecular weight excluding hydrogens is 311 g/mol. The van der Waals surface area contributed by atoms with Crippen molar-refractivity contribution in [3.63, 3.8) is 0 Å². The Bertz CT molecular complexity index is 614. The molecule has 112 valence electrons. The maximum atomic E-state index is 12.8. The molecule has 0 saturated heterocycles. The van der Waals surface area contributed by atoms with E-state index in [9.17, 15) is 9.18 Å². The maximum Gasteiger partial charge on any atom is 0.241 e. The van der Waals surface area contributed by atoms with Crippen molar-refractivity contribution in [3.05, 3.63) is 51.4 Å². The van der Waals surface area contributed by atoms with Gasteiger partial charge in [0.05, 0.1) is 10.4 Å². The van der Waals surface area contributed by atoms with Gasteiger partial charge >= 0.3 is 0 Å². The van der Waals surface area contributed by atoms with Crippen LogP contribution in [0.25, 0.3) is 0 Å². The van der Waals surface area contributed by atoms with Crippen LogP contribution in [0.3, 0.4) is 0 Å². The van der Waals surface area contributed by atoms with Crippen LogP contribution in [0.4, 0.5) is 10.1 Å². The molecule has 1 atom stereocenters. The number of carbonyl (C=O) groups is 1. The molecular formula is C15H16ClFN2OS. The average Bonchev–Trinajstić information content (AvgIpc) is 2.85. The van der Waals surface area contributed by atoms with Crippen LogP contribution < -0.4 is 5.32 Å². The van der Waals surface area contributed by atoms with Crippen molar-refractivity contribution in [2.75, 3.05) is 12.4 Å². The topological polar surface area (TPSA) is 32.3 Å². The minimum Gasteiger partial charge on any atom is -0.325 e. The van der Waals surface area contributed by atoms with Crippen LogP contribution in [0.2, 0.25) is 4.34 Å². The molecule has 1 unspecified atom stereocenters. The zero-order valence-electron chi connectivity index (χ0n) is 11.8. The number of rotatable bonds is 5. The van der Waals surface area contributed by atoms with E-state index in [4.69, 9.17) is 11.6 Å². The minimum atomic E-state index is -0.326. The highest BCUT2D eigenvalue weighted by Gasteiger charge is 2.18. The molecule has 1 aromatic carbocycles. The van der Waals surface area contributed by atoms with E-state index < -0.39 is 0 Å². The SMILES string of the molecule is CC(C(=O)Nc1ccc(F)cc1)N(C)Cc1ccc(Cl)s1. The summed E-state index contributed by atoms with van der Waals surface area (Å²) in [7, 11) is 1.88. The van der Waals surface area contributed by atoms with Gasteiger partial charge in [-0.2, -0.15) is 0 Å². The van der Waals surface area contributed by atoms with Gasteiger partial charge in [-0.1, -0.05) is 11.6 Å². The normalized spacial score (nSPS) is 12.4. The first-order chi connectivity index (χ1) is 9.95. The van der Waals surface area contributed by atoms with E-state index in [1.54, 1.807) is 12.1 Å². The Morgan fingerprint density at radius 3 is 2.57 bits per heavy atom. The van der Waals surface area contributed by atoms with E-state index in [2.05, 4.69) is 5.32 Å². The second-order valence-corrected chi connectivity index (χ2v) is 6.59. The van der Waals surface area contributed by atoms with Gasteiger partial charge in [0.15, 0.2) is 0 Å². The van der Waals surface area contributed by atoms with Crippen LogP contribution in [-0.2, 0) is 11.3 Å². The molecule has 21 heavy (non-hydrogen) atoms. The number of likely N-dealkylation sites (N-methyl/N-ethyl adjacent to an activating group) is 1. The van der Waals surface area contributed by atoms with E-state index in [1.807, 2.05) is 31.0 Å². The third-order valence-corrected chi connectivity index (χ3v) is 4.40. The number of amides is 1. The van der Waals surface area contributed by atoms with Crippen molar-refractivity contribution in [3.8, 4) is 0 Å². The van der Waals surface area contributed by atoms with Gasteiger partial charge < -0.3 is 5.32 Å². The first-order valence-electron chi connectivity index (χ1n) is 6.46. The quantitative estimate of drug-likeness (QED) is 0.900. The lowest BCUT2D eigenvalue weighted by Crippen LogP contribution is -2.39. The fourth-order valence-electron chi connectivity index (χ4n) is 1.80. The van der Waals surface area contributed by atoms with Crippen LogP contribution >= 0.6 is 22.9 Å². The molecule has 6 heteroatoms. The Hall–Kier alpha value is -1.43. The molecule has 1 heterocycles. The molecule has 0 radical (unpaired) electrons. The summed E-state index contributed by atoms with van der Waals surface area (Å²) in [5.74, 6) is -0.459. The fourth-order valence-corrected chi connectivity index (χ4v) is 2.95. The highest BCUT2D eigenvalue weighted by Crippen LogP contribution is 2.23. The predicted octanol–water partition coefficient (Wildman–Crippen LogP) is 4.00. The van der Waals surface area contributed by atoms with Gasteiger partial charge in [0, 0.05) is 17.1 Å². The van der Waals surface area contributed by atoms with E-state index in [-0.39, 0.29) is 17.8 Å². The van der Waals surface area contributed by atoms with E-state index >= 15 is 0 Å². The van der Waals surface area contributed by atoms with Gasteiger partial charge in [0.25, 0.3) is 0 Å². The molecule has 0 bridgehead atoms. The van der Waals surface area contributed by atoms with Gasteiger partial charge in [-0.3, -0.25) is 9.69 Å². The van der Waals surface area contributed by atoms with Gasteiger partial charge in [-0.15, -0.1) is 11.3 Å². The molecule has 0 spiro atoms. The summed E-state index contributed by atoms with van der Waals surface area (Å²) in [6, 6.07) is 9.20. The monoisotopic (exact) mass is 326 g/mol. The molecule has 0 aliphatic carbocycles. The van der Waals surface area contributed by atoms with E-state index in [0.29, 0.717) is 12.2 Å². The van der Waals surface area contributed by atoms with Crippen LogP contribution in [0, 0.1) is 5.82 Å². The number of thiophene rings is 1. The number of hydrogen-bond donors (Lipinski definition) is 1. The van der Waals surface area contributed by atoms with Gasteiger partial charge in [0.1, 0.15) is 5.82 Å². The molecule has 1 amide bonds. The molecule has 3 nitrogen and oxygen atoms in total. The number of nitrogens with one attached hydrogen (secondary N) is 1. The lowest BCUT2D eigenvalue weighted by molar-refractivity contribution is -0.120. The van der Waals surface area contributed by atoms with Gasteiger partial charge in [0.2, 0.25) is 5.91 Å². The lowest BCUT2D eigenvalue weighted by atomic mass is 10.2. The smallest absolute Gasteiger partial charge is 0.241 e. The molecule has 1 N–H and O–H groups in total. The summed E-state index contributed by atoms with van der Waals surface area (Å²) < 4.78 is 13.6. The van der Waals surface area contributed by atoms with Crippen molar-refractivity contribution in [1.82, 2.24) is 4.90 Å². The first kappa shape index (κ1) is 15.9. The Morgan fingerprint density at radius 2 is 2.00 bits per heavy atom. The third kappa shape index (κ3) is 4.52. The molecule has 2 aromatic rings. The number of halogens is 2. The molecule has 0 aliphatic heterocycles. The Morgan fingerprint density at radius 1 is 1.33 bits per heavy atom. The van der Waals surface area contributed by atoms with E-state index in [1.165, 1.54) is 23.5 Å². The van der Waals surface area contributed by atoms with Crippen molar-refractivity contribution in [1.29, 1.82) is 0 Å². The van der Waals surface area contributed by atoms with Gasteiger partial charge in [-0.05, 0) is 50.4 Å². The fraction of sp³-hybridized carbons (Fsp3) is 0.267. The molecule has 2 rings (SSSR count). The molecule has 0 fully saturated rings. The standard InChI is InChI=1S/C15H16ClFN2OS/c1-10(19(2)9-13-7-8-14(16)21-13)15(20)18-12-5-3-11(17)4-6-12/h3-8,10H,9H2,1-2H3,(H,18,20). The van der Waals surface area contributed by atoms with Crippen LogP contribution in [0.15, 0.2) is 36.4 Å². The lowest BCUT2D eigenvalue weighted by Gasteiger charge is -2.23. The number of anilines is 1. The molecule has 0 aliphatic rings. The third-order valence-electron chi connectivity index (χ3n) is 3.19. The summed E-state index contributed by atoms with van der Waals surface area (Å²) in [4.78, 5) is 15.2. The Kier molecular flexibility index (Phi) is 5.33. The number of hydrogen-bond acceptors (Lipinski definition) is 3. The van der Waals surface area contributed by atoms with Crippen molar-refractivity contribution >= 4 is 34.5 Å². The number of nitrogens with zero attached hydrogens (tertiary/aromatic N) is 1. The predicted molar refractivity (Wildman–Crippen MR) is 85.3 cm³/mol. The largest absolute Gasteiger partial charge is 0.325 e. The summed E-state index contributed by atoms with van der Waals surface area (Å²) in [6.07, 6.45) is 0. The Balaban J connectivity index is 1.93. The van der Waals surface area contributed by atoms with Crippen molar-refractivity contribution < 1.29 is 9.18 Å². The van der Waals surface area contributed by atoms with Gasteiger partial charge in [-0.25, -0.2) is 4.39 Å². The highest BCUT2D eigenvalue weighted by molar-refractivity contribution is 7.16. The highest BCUT2D eigenvalue weighted by atomic mass is 35.5. The second-order valence-electron chi connectivity index (χ2n) is 4.79. The molecule has 0 saturated carbocycles. The van der Waals surface area contributed by atoms with Crippen molar-refractivity contribution in [2.45, 2.75) is 19.5 Å². The summed E-state index contributed by atoms with van der Waals surface area (Å²) >= 11 is 7.40. The first-order valence-corrected chi connectivity index (χ1v) is 7.66. The maximum absolute atomic E-state index is 12.8. The Labute approximate surface area is 132 Å². The summed E-state index contributed by atoms with van der Waals surface area (Å²) in [5, 5.41) is 2.77. The van der Waals surface area contributed by atoms with Crippen LogP contribution in [-0.4, -0.2) is 23.9 Å². The van der Waals surface area contributed by atoms with Crippen LogP contribution in [0.5, 0.6) is 0 Å². The molecule has 1 aromatic heterocycles. The van der Waals surface area contributed by atoms with Crippen molar-refractivity contribution in [2.24, 2.45) is 0 Å².